The summed E-state index contributed by atoms with van der Waals surface area (Å²) in [7, 11) is 0. The second-order valence-electron chi connectivity index (χ2n) is 17.5. The van der Waals surface area contributed by atoms with Gasteiger partial charge in [-0.3, -0.25) is 0 Å². The van der Waals surface area contributed by atoms with Crippen LogP contribution in [0, 0.1) is 0 Å². The molecule has 7 aromatic carbocycles. The lowest BCUT2D eigenvalue weighted by molar-refractivity contribution is 0.896. The topological polar surface area (TPSA) is 6.48 Å². The molecule has 0 radical (unpaired) electrons. The fourth-order valence-electron chi connectivity index (χ4n) is 12.1. The highest BCUT2D eigenvalue weighted by Crippen LogP contribution is 2.52. The number of hydrogen-bond acceptors (Lipinski definition) is 2. The quantitative estimate of drug-likeness (QED) is 0.166. The molecular formula is C54H45BN2. The molecule has 2 aliphatic heterocycles. The smallest absolute Gasteiger partial charge is 0.252 e. The second-order valence-corrected chi connectivity index (χ2v) is 17.5. The SMILES string of the molecule is c1ccc(-c2ccc3c(c2)N(c2c4c(cc5c2CCC5)CCC4)c2cccc4c2B3c2ccc(-c3ccccc3)cc2N4c2c3c(cc4c2CCC4)CCC3)cc1. The van der Waals surface area contributed by atoms with Gasteiger partial charge in [0.2, 0.25) is 0 Å². The molecule has 3 heteroatoms. The van der Waals surface area contributed by atoms with Crippen LogP contribution < -0.4 is 26.2 Å². The van der Waals surface area contributed by atoms with Crippen molar-refractivity contribution < 1.29 is 0 Å². The number of fused-ring (bicyclic) bond motifs is 8. The van der Waals surface area contributed by atoms with Crippen molar-refractivity contribution in [1.29, 1.82) is 0 Å². The molecule has 0 saturated carbocycles. The highest BCUT2D eigenvalue weighted by atomic mass is 15.2. The molecule has 2 heterocycles. The number of rotatable bonds is 4. The third kappa shape index (κ3) is 4.66. The molecule has 0 unspecified atom stereocenters. The molecule has 2 nitrogen and oxygen atoms in total. The summed E-state index contributed by atoms with van der Waals surface area (Å²) in [6, 6.07) is 49.5. The van der Waals surface area contributed by atoms with E-state index in [1.165, 1.54) is 150 Å². The summed E-state index contributed by atoms with van der Waals surface area (Å²) in [5, 5.41) is 0. The molecule has 0 aromatic heterocycles. The Bertz CT molecular complexity index is 2570. The van der Waals surface area contributed by atoms with Crippen LogP contribution in [-0.4, -0.2) is 6.71 Å². The molecule has 0 spiro atoms. The molecule has 13 rings (SSSR count). The van der Waals surface area contributed by atoms with Gasteiger partial charge in [-0.15, -0.1) is 0 Å². The Morgan fingerprint density at radius 3 is 1.14 bits per heavy atom. The molecule has 7 aromatic rings. The van der Waals surface area contributed by atoms with Gasteiger partial charge >= 0.3 is 0 Å². The maximum absolute atomic E-state index is 2.78. The van der Waals surface area contributed by atoms with Crippen LogP contribution in [0.5, 0.6) is 0 Å². The first kappa shape index (κ1) is 32.3. The lowest BCUT2D eigenvalue weighted by atomic mass is 9.33. The molecule has 274 valence electrons. The van der Waals surface area contributed by atoms with E-state index in [1.807, 2.05) is 0 Å². The number of benzene rings is 7. The third-order valence-electron chi connectivity index (χ3n) is 14.5. The average Bonchev–Trinajstić information content (AvgIpc) is 4.11. The second kappa shape index (κ2) is 12.4. The average molecular weight is 733 g/mol. The first-order chi connectivity index (χ1) is 28.3. The van der Waals surface area contributed by atoms with Crippen molar-refractivity contribution in [2.75, 3.05) is 9.80 Å². The van der Waals surface area contributed by atoms with E-state index in [4.69, 9.17) is 0 Å². The van der Waals surface area contributed by atoms with E-state index in [0.29, 0.717) is 0 Å². The van der Waals surface area contributed by atoms with Gasteiger partial charge in [-0.05, 0) is 184 Å². The molecule has 57 heavy (non-hydrogen) atoms. The fraction of sp³-hybridized carbons (Fsp3) is 0.222. The van der Waals surface area contributed by atoms with Gasteiger partial charge in [0.05, 0.1) is 11.4 Å². The Morgan fingerprint density at radius 2 is 0.737 bits per heavy atom. The monoisotopic (exact) mass is 732 g/mol. The Labute approximate surface area is 336 Å². The van der Waals surface area contributed by atoms with Crippen LogP contribution in [-0.2, 0) is 51.4 Å². The molecule has 0 amide bonds. The van der Waals surface area contributed by atoms with Crippen molar-refractivity contribution in [2.45, 2.75) is 77.0 Å². The van der Waals surface area contributed by atoms with Crippen molar-refractivity contribution in [3.05, 3.63) is 172 Å². The lowest BCUT2D eigenvalue weighted by Crippen LogP contribution is -2.61. The van der Waals surface area contributed by atoms with Crippen LogP contribution in [0.4, 0.5) is 34.1 Å². The summed E-state index contributed by atoms with van der Waals surface area (Å²) in [5.74, 6) is 0. The van der Waals surface area contributed by atoms with Crippen molar-refractivity contribution in [3.8, 4) is 22.3 Å². The van der Waals surface area contributed by atoms with E-state index < -0.39 is 0 Å². The van der Waals surface area contributed by atoms with Gasteiger partial charge in [-0.25, -0.2) is 0 Å². The van der Waals surface area contributed by atoms with E-state index in [0.717, 1.165) is 0 Å². The van der Waals surface area contributed by atoms with Crippen molar-refractivity contribution in [1.82, 2.24) is 0 Å². The van der Waals surface area contributed by atoms with Crippen LogP contribution in [0.3, 0.4) is 0 Å². The molecule has 6 aliphatic rings. The summed E-state index contributed by atoms with van der Waals surface area (Å²) >= 11 is 0. The van der Waals surface area contributed by atoms with Crippen LogP contribution in [0.25, 0.3) is 22.3 Å². The molecule has 0 atom stereocenters. The summed E-state index contributed by atoms with van der Waals surface area (Å²) in [6.07, 6.45) is 14.5. The zero-order valence-electron chi connectivity index (χ0n) is 32.6. The van der Waals surface area contributed by atoms with Crippen molar-refractivity contribution in [2.24, 2.45) is 0 Å². The van der Waals surface area contributed by atoms with Gasteiger partial charge < -0.3 is 9.80 Å². The summed E-state index contributed by atoms with van der Waals surface area (Å²) < 4.78 is 0. The Kier molecular flexibility index (Phi) is 7.00. The molecule has 0 fully saturated rings. The van der Waals surface area contributed by atoms with Crippen molar-refractivity contribution >= 4 is 57.2 Å². The van der Waals surface area contributed by atoms with Gasteiger partial charge in [0.15, 0.2) is 0 Å². The maximum atomic E-state index is 2.78. The van der Waals surface area contributed by atoms with E-state index in [2.05, 4.69) is 137 Å². The highest BCUT2D eigenvalue weighted by molar-refractivity contribution is 7.00. The normalized spacial score (nSPS) is 16.5. The van der Waals surface area contributed by atoms with E-state index in [1.54, 1.807) is 44.5 Å². The zero-order valence-corrected chi connectivity index (χ0v) is 32.6. The summed E-state index contributed by atoms with van der Waals surface area (Å²) in [5.41, 5.74) is 30.7. The molecule has 0 bridgehead atoms. The maximum Gasteiger partial charge on any atom is 0.252 e. The number of aryl methyl sites for hydroxylation is 4. The van der Waals surface area contributed by atoms with Gasteiger partial charge in [0, 0.05) is 22.7 Å². The van der Waals surface area contributed by atoms with E-state index >= 15 is 0 Å². The Hall–Kier alpha value is -5.80. The van der Waals surface area contributed by atoms with Crippen molar-refractivity contribution in [3.63, 3.8) is 0 Å². The first-order valence-corrected chi connectivity index (χ1v) is 21.7. The summed E-state index contributed by atoms with van der Waals surface area (Å²) in [4.78, 5) is 5.57. The molecule has 0 N–H and O–H groups in total. The number of nitrogens with zero attached hydrogens (tertiary/aromatic N) is 2. The lowest BCUT2D eigenvalue weighted by Gasteiger charge is -2.45. The van der Waals surface area contributed by atoms with Crippen LogP contribution in [0.15, 0.2) is 127 Å². The van der Waals surface area contributed by atoms with Gasteiger partial charge in [0.25, 0.3) is 6.71 Å². The highest BCUT2D eigenvalue weighted by Gasteiger charge is 2.45. The van der Waals surface area contributed by atoms with Crippen LogP contribution in [0.2, 0.25) is 0 Å². The van der Waals surface area contributed by atoms with E-state index in [9.17, 15) is 0 Å². The third-order valence-corrected chi connectivity index (χ3v) is 14.5. The molecule has 4 aliphatic carbocycles. The Balaban J connectivity index is 1.14. The minimum absolute atomic E-state index is 0.123. The van der Waals surface area contributed by atoms with Crippen LogP contribution >= 0.6 is 0 Å². The first-order valence-electron chi connectivity index (χ1n) is 21.7. The predicted molar refractivity (Wildman–Crippen MR) is 239 cm³/mol. The minimum atomic E-state index is 0.123. The predicted octanol–water partition coefficient (Wildman–Crippen LogP) is 11.1. The van der Waals surface area contributed by atoms with E-state index in [-0.39, 0.29) is 6.71 Å². The Morgan fingerprint density at radius 1 is 0.333 bits per heavy atom. The van der Waals surface area contributed by atoms with Gasteiger partial charge in [0.1, 0.15) is 0 Å². The largest absolute Gasteiger partial charge is 0.311 e. The number of hydrogen-bond donors (Lipinski definition) is 0. The molecule has 0 saturated heterocycles. The van der Waals surface area contributed by atoms with Crippen LogP contribution in [0.1, 0.15) is 70.2 Å². The van der Waals surface area contributed by atoms with Gasteiger partial charge in [-0.1, -0.05) is 103 Å². The summed E-state index contributed by atoms with van der Waals surface area (Å²) in [6.45, 7) is 0.123. The number of anilines is 6. The van der Waals surface area contributed by atoms with Gasteiger partial charge in [-0.2, -0.15) is 0 Å². The standard InChI is InChI=1S/C54H45BN2/c1-3-12-34(13-4-1)36-26-28-46-50(32-36)56(53-42-20-7-16-38(42)30-39-17-8-21-43(39)53)48-24-11-25-49-52(48)55(46)47-29-27-37(35-14-5-2-6-15-35)33-51(47)57(49)54-44-22-9-18-40(44)31-41-19-10-23-45(41)54/h1-6,11-15,24-33H,7-10,16-23H2. The molecular weight excluding hydrogens is 687 g/mol. The fourth-order valence-corrected chi connectivity index (χ4v) is 12.1. The zero-order chi connectivity index (χ0) is 37.2. The minimum Gasteiger partial charge on any atom is -0.311 e.